The number of Topliss-reactive ketones (excluding diaryl/α,β-unsaturated/α-hetero) is 1. The summed E-state index contributed by atoms with van der Waals surface area (Å²) < 4.78 is 10.5. The minimum absolute atomic E-state index is 0.105. The van der Waals surface area contributed by atoms with E-state index in [-0.39, 0.29) is 23.5 Å². The van der Waals surface area contributed by atoms with E-state index < -0.39 is 11.7 Å². The molecule has 2 aliphatic carbocycles. The molecule has 2 N–H and O–H groups in total. The highest BCUT2D eigenvalue weighted by molar-refractivity contribution is 5.79. The van der Waals surface area contributed by atoms with Gasteiger partial charge in [0.15, 0.2) is 23.4 Å². The molecule has 8 heteroatoms. The van der Waals surface area contributed by atoms with Gasteiger partial charge in [-0.05, 0) is 63.4 Å². The van der Waals surface area contributed by atoms with Crippen LogP contribution in [0.3, 0.4) is 0 Å². The third-order valence-electron chi connectivity index (χ3n) is 6.79. The number of ether oxygens (including phenoxy) is 2. The predicted octanol–water partition coefficient (Wildman–Crippen LogP) is 3.38. The Balaban J connectivity index is 0.000000356. The second-order valence-corrected chi connectivity index (χ2v) is 9.98. The first-order valence-electron chi connectivity index (χ1n) is 12.7. The molecule has 0 saturated heterocycles. The Hall–Kier alpha value is -3.23. The van der Waals surface area contributed by atoms with Crippen LogP contribution in [0, 0.1) is 0 Å². The van der Waals surface area contributed by atoms with Crippen LogP contribution in [0.25, 0.3) is 0 Å². The number of esters is 1. The lowest BCUT2D eigenvalue weighted by molar-refractivity contribution is -0.151. The van der Waals surface area contributed by atoms with E-state index in [0.717, 1.165) is 16.7 Å². The first kappa shape index (κ1) is 28.3. The van der Waals surface area contributed by atoms with Crippen LogP contribution in [-0.2, 0) is 38.6 Å². The van der Waals surface area contributed by atoms with Gasteiger partial charge in [-0.3, -0.25) is 14.4 Å². The number of rotatable bonds is 6. The van der Waals surface area contributed by atoms with Crippen molar-refractivity contribution < 1.29 is 34.1 Å². The smallest absolute Gasteiger partial charge is 0.303 e. The summed E-state index contributed by atoms with van der Waals surface area (Å²) in [5.41, 5.74) is 2.01. The number of fused-ring (bicyclic) bond motifs is 1. The predicted molar refractivity (Wildman–Crippen MR) is 138 cm³/mol. The van der Waals surface area contributed by atoms with Gasteiger partial charge in [-0.2, -0.15) is 0 Å². The summed E-state index contributed by atoms with van der Waals surface area (Å²) in [6.07, 6.45) is 3.81. The number of aliphatic hydroxyl groups excluding tert-OH is 1. The van der Waals surface area contributed by atoms with Crippen molar-refractivity contribution in [2.45, 2.75) is 76.2 Å². The summed E-state index contributed by atoms with van der Waals surface area (Å²) in [5, 5.41) is 21.4. The van der Waals surface area contributed by atoms with Crippen molar-refractivity contribution in [3.63, 3.8) is 0 Å². The molecular formula is C29H37NO7. The molecule has 0 radical (unpaired) electrons. The number of nitrogens with zero attached hydrogens (tertiary/aromatic N) is 1. The van der Waals surface area contributed by atoms with Crippen LogP contribution in [0.2, 0.25) is 0 Å². The standard InChI is InChI=1S/C23H29NO4.C6H8O3/c1-24(2)20-14-17-8-13-22(28-15-16-6-4-3-5-7-16)23(27)19(17)11-9-18(25)10-12-21(20)26;1-5(8)9-6(4-7)2-3-6/h3-8,13,20-21,26-27H,9-12,14-15H2,1-2H3;4H,2-3H2,1H3. The molecule has 2 aromatic rings. The fraction of sp³-hybridized carbons (Fsp3) is 0.483. The van der Waals surface area contributed by atoms with Crippen LogP contribution >= 0.6 is 0 Å². The zero-order valence-electron chi connectivity index (χ0n) is 21.8. The van der Waals surface area contributed by atoms with Gasteiger partial charge in [0.1, 0.15) is 12.4 Å². The quantitative estimate of drug-likeness (QED) is 0.448. The van der Waals surface area contributed by atoms with Crippen LogP contribution in [0.5, 0.6) is 11.5 Å². The molecule has 2 unspecified atom stereocenters. The summed E-state index contributed by atoms with van der Waals surface area (Å²) in [6, 6.07) is 13.4. The summed E-state index contributed by atoms with van der Waals surface area (Å²) in [6.45, 7) is 1.68. The Bertz CT molecular complexity index is 1080. The van der Waals surface area contributed by atoms with Gasteiger partial charge in [0, 0.05) is 31.4 Å². The van der Waals surface area contributed by atoms with Crippen molar-refractivity contribution in [3.05, 3.63) is 59.2 Å². The fourth-order valence-electron chi connectivity index (χ4n) is 4.41. The lowest BCUT2D eigenvalue weighted by Gasteiger charge is -2.31. The molecule has 8 nitrogen and oxygen atoms in total. The molecule has 1 fully saturated rings. The maximum atomic E-state index is 12.2. The molecule has 0 aliphatic heterocycles. The van der Waals surface area contributed by atoms with E-state index in [1.54, 1.807) is 6.07 Å². The molecule has 4 rings (SSSR count). The van der Waals surface area contributed by atoms with Crippen LogP contribution < -0.4 is 4.74 Å². The Kier molecular flexibility index (Phi) is 9.83. The molecule has 0 amide bonds. The number of carbonyl (C=O) groups is 3. The van der Waals surface area contributed by atoms with E-state index in [0.29, 0.717) is 63.6 Å². The van der Waals surface area contributed by atoms with E-state index in [2.05, 4.69) is 0 Å². The molecule has 2 atom stereocenters. The maximum absolute atomic E-state index is 12.2. The normalized spacial score (nSPS) is 20.6. The number of hydrogen-bond donors (Lipinski definition) is 2. The van der Waals surface area contributed by atoms with Gasteiger partial charge in [-0.15, -0.1) is 0 Å². The number of aliphatic hydroxyl groups is 1. The number of ketones is 1. The van der Waals surface area contributed by atoms with Gasteiger partial charge in [0.25, 0.3) is 0 Å². The van der Waals surface area contributed by atoms with Crippen LogP contribution in [0.15, 0.2) is 42.5 Å². The molecule has 0 aromatic heterocycles. The van der Waals surface area contributed by atoms with E-state index in [4.69, 9.17) is 9.47 Å². The molecule has 0 spiro atoms. The van der Waals surface area contributed by atoms with E-state index >= 15 is 0 Å². The number of carbonyl (C=O) groups excluding carboxylic acids is 3. The highest BCUT2D eigenvalue weighted by Gasteiger charge is 2.46. The summed E-state index contributed by atoms with van der Waals surface area (Å²) in [5.74, 6) is 0.266. The number of phenolic OH excluding ortho intramolecular Hbond substituents is 1. The van der Waals surface area contributed by atoms with Gasteiger partial charge in [-0.25, -0.2) is 0 Å². The molecule has 2 aromatic carbocycles. The third kappa shape index (κ3) is 8.13. The second kappa shape index (κ2) is 12.8. The number of phenols is 1. The minimum Gasteiger partial charge on any atom is -0.504 e. The first-order chi connectivity index (χ1) is 17.6. The average Bonchev–Trinajstić information content (AvgIpc) is 3.64. The fourth-order valence-corrected chi connectivity index (χ4v) is 4.41. The van der Waals surface area contributed by atoms with Crippen LogP contribution in [0.1, 0.15) is 55.7 Å². The minimum atomic E-state index is -0.716. The maximum Gasteiger partial charge on any atom is 0.303 e. The lowest BCUT2D eigenvalue weighted by Crippen LogP contribution is -2.41. The molecule has 0 heterocycles. The summed E-state index contributed by atoms with van der Waals surface area (Å²) in [4.78, 5) is 34.6. The largest absolute Gasteiger partial charge is 0.504 e. The third-order valence-corrected chi connectivity index (χ3v) is 6.79. The van der Waals surface area contributed by atoms with Crippen molar-refractivity contribution in [2.75, 3.05) is 14.1 Å². The van der Waals surface area contributed by atoms with Crippen molar-refractivity contribution >= 4 is 18.0 Å². The highest BCUT2D eigenvalue weighted by atomic mass is 16.6. The van der Waals surface area contributed by atoms with Gasteiger partial charge >= 0.3 is 5.97 Å². The Morgan fingerprint density at radius 1 is 1.11 bits per heavy atom. The number of likely N-dealkylation sites (N-methyl/N-ethyl adjacent to an activating group) is 1. The Morgan fingerprint density at radius 3 is 2.38 bits per heavy atom. The van der Waals surface area contributed by atoms with Crippen molar-refractivity contribution in [3.8, 4) is 11.5 Å². The number of aldehydes is 1. The number of hydrogen-bond acceptors (Lipinski definition) is 8. The zero-order valence-corrected chi connectivity index (χ0v) is 21.8. The lowest BCUT2D eigenvalue weighted by atomic mass is 9.89. The van der Waals surface area contributed by atoms with E-state index in [1.165, 1.54) is 6.92 Å². The van der Waals surface area contributed by atoms with Crippen LogP contribution in [0.4, 0.5) is 0 Å². The van der Waals surface area contributed by atoms with Gasteiger partial charge in [0.2, 0.25) is 0 Å². The molecular weight excluding hydrogens is 474 g/mol. The SMILES string of the molecule is CC(=O)OC1(C=O)CC1.CN(C)C1Cc2ccc(OCc3ccccc3)c(O)c2CCC(=O)CCC1O. The summed E-state index contributed by atoms with van der Waals surface area (Å²) >= 11 is 0. The first-order valence-corrected chi connectivity index (χ1v) is 12.7. The highest BCUT2D eigenvalue weighted by Crippen LogP contribution is 2.37. The van der Waals surface area contributed by atoms with Crippen molar-refractivity contribution in [2.24, 2.45) is 0 Å². The number of aromatic hydroxyl groups is 1. The molecule has 200 valence electrons. The molecule has 2 aliphatic rings. The molecule has 0 bridgehead atoms. The van der Waals surface area contributed by atoms with Gasteiger partial charge < -0.3 is 24.6 Å². The van der Waals surface area contributed by atoms with Crippen molar-refractivity contribution in [1.82, 2.24) is 4.90 Å². The topological polar surface area (TPSA) is 113 Å². The molecule has 1 saturated carbocycles. The van der Waals surface area contributed by atoms with Gasteiger partial charge in [-0.1, -0.05) is 36.4 Å². The van der Waals surface area contributed by atoms with Crippen LogP contribution in [-0.4, -0.2) is 65.0 Å². The number of benzene rings is 2. The molecule has 37 heavy (non-hydrogen) atoms. The Morgan fingerprint density at radius 2 is 1.81 bits per heavy atom. The second-order valence-electron chi connectivity index (χ2n) is 9.98. The van der Waals surface area contributed by atoms with E-state index in [1.807, 2.05) is 55.4 Å². The average molecular weight is 512 g/mol. The Labute approximate surface area is 218 Å². The summed E-state index contributed by atoms with van der Waals surface area (Å²) in [7, 11) is 3.86. The van der Waals surface area contributed by atoms with E-state index in [9.17, 15) is 24.6 Å². The van der Waals surface area contributed by atoms with Crippen molar-refractivity contribution in [1.29, 1.82) is 0 Å². The van der Waals surface area contributed by atoms with Gasteiger partial charge in [0.05, 0.1) is 6.10 Å². The zero-order chi connectivity index (χ0) is 27.0. The monoisotopic (exact) mass is 511 g/mol.